The molecule has 0 radical (unpaired) electrons. The molecule has 0 aliphatic heterocycles. The average molecular weight is 1320 g/mol. The smallest absolute Gasteiger partial charge is 0.106 e. The van der Waals surface area contributed by atoms with Crippen LogP contribution in [0.3, 0.4) is 0 Å². The Morgan fingerprint density at radius 2 is 0.734 bits per heavy atom. The third-order valence-electron chi connectivity index (χ3n) is 26.6. The third-order valence-corrected chi connectivity index (χ3v) is 28.6. The molecule has 0 spiro atoms. The van der Waals surface area contributed by atoms with Crippen molar-refractivity contribution in [3.63, 3.8) is 0 Å². The summed E-state index contributed by atoms with van der Waals surface area (Å²) in [7, 11) is 0. The standard InChI is InChI=1S/C13H18.C12H16.C12H24.C11H16O.C11H16S.C11H20.C10H14O.C10H14S/c1-10-8-13(9-11(10)2)12-6-4-3-5-7-12;1-10-7-8-12(9-10)11-5-3-2-4-6-11;1-8-7-11(12(4,5)6)10(3)9(8)2;2*1-8-6-10(7-9(8)2)11-4-3-5-12-11;1-8-7-10-5-3-4-6-11(10)9(8)2;2*1-8-4-5-9(7-8)10-3-2-6-11-10/h3-7,10-11,13H,8-9H2,1-2H3;2-6,10,12H,7-9H2,1H3;8-11H,7H2,1-6H3;2*3-5,8-10H,6-7H2,1-2H3;8-11H,3-7H2,1-2H3;2*2-3,6,8-9H,4-5,7H2,1H3. The molecule has 9 aliphatic rings. The first-order valence-corrected chi connectivity index (χ1v) is 41.0. The van der Waals surface area contributed by atoms with Gasteiger partial charge in [0.25, 0.3) is 0 Å². The Balaban J connectivity index is 0.000000138. The number of furan rings is 2. The number of rotatable bonds is 6. The molecular weight excluding hydrogens is 1180 g/mol. The van der Waals surface area contributed by atoms with E-state index in [0.717, 1.165) is 124 Å². The molecule has 4 aromatic heterocycles. The van der Waals surface area contributed by atoms with E-state index in [9.17, 15) is 0 Å². The molecular formula is C90H138O2S2. The Kier molecular flexibility index (Phi) is 30.4. The molecule has 15 rings (SSSR count). The highest BCUT2D eigenvalue weighted by Crippen LogP contribution is 2.51. The van der Waals surface area contributed by atoms with Crippen molar-refractivity contribution in [2.45, 2.75) is 288 Å². The zero-order chi connectivity index (χ0) is 67.5. The summed E-state index contributed by atoms with van der Waals surface area (Å²) in [5.41, 5.74) is 3.60. The first-order chi connectivity index (χ1) is 45.0. The molecule has 94 heavy (non-hydrogen) atoms. The van der Waals surface area contributed by atoms with Gasteiger partial charge in [-0.3, -0.25) is 0 Å². The summed E-state index contributed by atoms with van der Waals surface area (Å²) in [6, 6.07) is 39.0. The second-order valence-electron chi connectivity index (χ2n) is 34.8. The van der Waals surface area contributed by atoms with Gasteiger partial charge in [0.15, 0.2) is 0 Å². The van der Waals surface area contributed by atoms with Crippen LogP contribution in [-0.4, -0.2) is 0 Å². The van der Waals surface area contributed by atoms with Crippen molar-refractivity contribution in [3.05, 3.63) is 165 Å². The van der Waals surface area contributed by atoms with E-state index in [0.29, 0.717) is 17.3 Å². The fourth-order valence-corrected chi connectivity index (χ4v) is 21.0. The quantitative estimate of drug-likeness (QED) is 0.166. The molecule has 2 nitrogen and oxygen atoms in total. The third kappa shape index (κ3) is 22.7. The van der Waals surface area contributed by atoms with Crippen molar-refractivity contribution in [2.24, 2.45) is 106 Å². The molecule has 522 valence electrons. The Labute approximate surface area is 586 Å². The minimum Gasteiger partial charge on any atom is -0.469 e. The molecule has 2 aromatic carbocycles. The molecule has 20 atom stereocenters. The Morgan fingerprint density at radius 1 is 0.319 bits per heavy atom. The summed E-state index contributed by atoms with van der Waals surface area (Å²) in [5, 5.41) is 4.39. The maximum absolute atomic E-state index is 5.41. The summed E-state index contributed by atoms with van der Waals surface area (Å²) < 4.78 is 10.8. The van der Waals surface area contributed by atoms with Gasteiger partial charge in [-0.25, -0.2) is 0 Å². The first kappa shape index (κ1) is 76.2. The molecule has 0 saturated heterocycles. The van der Waals surface area contributed by atoms with Crippen LogP contribution in [0.5, 0.6) is 0 Å². The maximum atomic E-state index is 5.41. The largest absolute Gasteiger partial charge is 0.469 e. The molecule has 9 saturated carbocycles. The molecule has 0 bridgehead atoms. The highest BCUT2D eigenvalue weighted by atomic mass is 32.1. The number of benzene rings is 2. The monoisotopic (exact) mass is 1320 g/mol. The van der Waals surface area contributed by atoms with Gasteiger partial charge >= 0.3 is 0 Å². The summed E-state index contributed by atoms with van der Waals surface area (Å²) >= 11 is 3.85. The zero-order valence-corrected chi connectivity index (χ0v) is 64.6. The van der Waals surface area contributed by atoms with Gasteiger partial charge in [0, 0.05) is 21.6 Å². The van der Waals surface area contributed by atoms with Crippen LogP contribution in [0.4, 0.5) is 0 Å². The molecule has 9 aliphatic carbocycles. The van der Waals surface area contributed by atoms with E-state index in [2.05, 4.69) is 226 Å². The van der Waals surface area contributed by atoms with Gasteiger partial charge in [0.05, 0.1) is 12.5 Å². The van der Waals surface area contributed by atoms with E-state index in [1.165, 1.54) is 140 Å². The molecule has 9 fully saturated rings. The van der Waals surface area contributed by atoms with Crippen LogP contribution in [0.1, 0.15) is 320 Å². The topological polar surface area (TPSA) is 26.3 Å². The van der Waals surface area contributed by atoms with Crippen LogP contribution in [0.15, 0.2) is 141 Å². The van der Waals surface area contributed by atoms with Crippen molar-refractivity contribution >= 4 is 22.7 Å². The minimum atomic E-state index is 0.512. The number of fused-ring (bicyclic) bond motifs is 1. The number of thiophene rings is 2. The Morgan fingerprint density at radius 3 is 1.13 bits per heavy atom. The van der Waals surface area contributed by atoms with Crippen LogP contribution >= 0.6 is 22.7 Å². The van der Waals surface area contributed by atoms with Crippen molar-refractivity contribution in [2.75, 3.05) is 0 Å². The molecule has 6 aromatic rings. The van der Waals surface area contributed by atoms with Gasteiger partial charge in [-0.1, -0.05) is 223 Å². The van der Waals surface area contributed by atoms with Gasteiger partial charge < -0.3 is 8.83 Å². The van der Waals surface area contributed by atoms with Crippen LogP contribution in [0, 0.1) is 106 Å². The van der Waals surface area contributed by atoms with Crippen LogP contribution in [0.25, 0.3) is 0 Å². The van der Waals surface area contributed by atoms with Crippen LogP contribution in [-0.2, 0) is 0 Å². The van der Waals surface area contributed by atoms with Crippen LogP contribution < -0.4 is 0 Å². The Bertz CT molecular complexity index is 2740. The zero-order valence-electron chi connectivity index (χ0n) is 63.0. The van der Waals surface area contributed by atoms with Crippen molar-refractivity contribution < 1.29 is 8.83 Å². The Hall–Kier alpha value is -3.60. The molecule has 0 amide bonds. The summed E-state index contributed by atoms with van der Waals surface area (Å²) in [6.07, 6.45) is 33.3. The molecule has 20 unspecified atom stereocenters. The predicted octanol–water partition coefficient (Wildman–Crippen LogP) is 29.0. The molecule has 4 heterocycles. The van der Waals surface area contributed by atoms with Gasteiger partial charge in [0.1, 0.15) is 11.5 Å². The van der Waals surface area contributed by atoms with Crippen molar-refractivity contribution in [1.82, 2.24) is 0 Å². The van der Waals surface area contributed by atoms with Crippen molar-refractivity contribution in [3.8, 4) is 0 Å². The number of hydrogen-bond acceptors (Lipinski definition) is 4. The van der Waals surface area contributed by atoms with Gasteiger partial charge in [-0.15, -0.1) is 22.7 Å². The van der Waals surface area contributed by atoms with Gasteiger partial charge in [0.2, 0.25) is 0 Å². The van der Waals surface area contributed by atoms with Gasteiger partial charge in [-0.05, 0) is 291 Å². The predicted molar refractivity (Wildman–Crippen MR) is 411 cm³/mol. The minimum absolute atomic E-state index is 0.512. The lowest BCUT2D eigenvalue weighted by Crippen LogP contribution is -2.23. The van der Waals surface area contributed by atoms with E-state index in [-0.39, 0.29) is 0 Å². The van der Waals surface area contributed by atoms with E-state index in [1.54, 1.807) is 39.8 Å². The van der Waals surface area contributed by atoms with E-state index in [4.69, 9.17) is 8.83 Å². The van der Waals surface area contributed by atoms with E-state index in [1.807, 2.05) is 34.8 Å². The van der Waals surface area contributed by atoms with E-state index >= 15 is 0 Å². The summed E-state index contributed by atoms with van der Waals surface area (Å²) in [6.45, 7) is 40.6. The van der Waals surface area contributed by atoms with E-state index < -0.39 is 0 Å². The average Bonchev–Trinajstić information content (AvgIpc) is 1.70. The summed E-state index contributed by atoms with van der Waals surface area (Å²) in [4.78, 5) is 3.21. The SMILES string of the molecule is CC1CC(C(C)(C)C)C(C)C1C.CC1CC(c2ccccc2)CC1C.CC1CC(c2ccco2)CC1C.CC1CC(c2cccs2)CC1C.CC1CC2CCCCC2C1C.CC1CCC(c2ccccc2)C1.CC1CCC(c2ccco2)C1.CC1CCC(c2cccs2)C1. The summed E-state index contributed by atoms with van der Waals surface area (Å²) in [5.74, 6) is 23.4. The second kappa shape index (κ2) is 37.6. The lowest BCUT2D eigenvalue weighted by atomic mass is 9.74. The van der Waals surface area contributed by atoms with Gasteiger partial charge in [-0.2, -0.15) is 0 Å². The maximum Gasteiger partial charge on any atom is 0.106 e. The highest BCUT2D eigenvalue weighted by molar-refractivity contribution is 7.10. The second-order valence-corrected chi connectivity index (χ2v) is 36.7. The number of hydrogen-bond donors (Lipinski definition) is 0. The van der Waals surface area contributed by atoms with Crippen molar-refractivity contribution in [1.29, 1.82) is 0 Å². The lowest BCUT2D eigenvalue weighted by Gasteiger charge is -2.31. The first-order valence-electron chi connectivity index (χ1n) is 39.3. The van der Waals surface area contributed by atoms with Crippen LogP contribution in [0.2, 0.25) is 0 Å². The molecule has 0 N–H and O–H groups in total. The lowest BCUT2D eigenvalue weighted by molar-refractivity contribution is 0.181. The normalized spacial score (nSPS) is 36.2. The fraction of sp³-hybridized carbons (Fsp3) is 0.689. The molecule has 4 heteroatoms. The fourth-order valence-electron chi connectivity index (χ4n) is 19.3. The highest BCUT2D eigenvalue weighted by Gasteiger charge is 2.42.